The van der Waals surface area contributed by atoms with Crippen LogP contribution >= 0.6 is 0 Å². The van der Waals surface area contributed by atoms with Gasteiger partial charge in [0.2, 0.25) is 5.95 Å². The van der Waals surface area contributed by atoms with Crippen LogP contribution in [-0.2, 0) is 4.79 Å². The van der Waals surface area contributed by atoms with Crippen LogP contribution in [0.4, 0.5) is 5.95 Å². The van der Waals surface area contributed by atoms with E-state index in [1.165, 1.54) is 17.9 Å². The van der Waals surface area contributed by atoms with Crippen molar-refractivity contribution in [2.24, 2.45) is 0 Å². The molecule has 114 valence electrons. The maximum Gasteiger partial charge on any atom is 0.352 e. The van der Waals surface area contributed by atoms with Gasteiger partial charge in [0.05, 0.1) is 7.11 Å². The van der Waals surface area contributed by atoms with Gasteiger partial charge in [0.15, 0.2) is 11.5 Å². The Morgan fingerprint density at radius 3 is 2.91 bits per heavy atom. The number of aromatic hydroxyl groups is 1. The number of para-hydroxylation sites is 1. The van der Waals surface area contributed by atoms with E-state index in [9.17, 15) is 15.0 Å². The van der Waals surface area contributed by atoms with Gasteiger partial charge in [-0.1, -0.05) is 12.1 Å². The molecule has 3 N–H and O–H groups in total. The SMILES string of the molecule is COc1cccc([C@H]2C=C(C(=O)O)Nc3nc(C)nn32)c1O. The molecule has 1 aromatic heterocycles. The maximum absolute atomic E-state index is 11.3. The van der Waals surface area contributed by atoms with Crippen LogP contribution in [0.25, 0.3) is 0 Å². The molecule has 0 bridgehead atoms. The van der Waals surface area contributed by atoms with Gasteiger partial charge in [0.1, 0.15) is 17.6 Å². The number of aryl methyl sites for hydroxylation is 1. The highest BCUT2D eigenvalue weighted by Gasteiger charge is 2.28. The van der Waals surface area contributed by atoms with Crippen molar-refractivity contribution >= 4 is 11.9 Å². The molecular formula is C14H14N4O4. The third kappa shape index (κ3) is 2.14. The molecule has 3 rings (SSSR count). The number of aliphatic carboxylic acids is 1. The Morgan fingerprint density at radius 1 is 1.45 bits per heavy atom. The molecular weight excluding hydrogens is 288 g/mol. The topological polar surface area (TPSA) is 110 Å². The molecule has 0 spiro atoms. The second-order valence-electron chi connectivity index (χ2n) is 4.78. The number of hydrogen-bond acceptors (Lipinski definition) is 6. The lowest BCUT2D eigenvalue weighted by Gasteiger charge is -2.23. The molecule has 0 amide bonds. The second kappa shape index (κ2) is 5.06. The first-order valence-corrected chi connectivity index (χ1v) is 6.52. The number of carboxylic acids is 1. The molecule has 1 atom stereocenters. The summed E-state index contributed by atoms with van der Waals surface area (Å²) in [4.78, 5) is 15.4. The van der Waals surface area contributed by atoms with E-state index >= 15 is 0 Å². The van der Waals surface area contributed by atoms with Crippen molar-refractivity contribution in [1.29, 1.82) is 0 Å². The number of carbonyl (C=O) groups is 1. The fourth-order valence-corrected chi connectivity index (χ4v) is 2.39. The molecule has 22 heavy (non-hydrogen) atoms. The Hall–Kier alpha value is -3.03. The van der Waals surface area contributed by atoms with Crippen LogP contribution in [0.1, 0.15) is 17.4 Å². The first-order valence-electron chi connectivity index (χ1n) is 6.52. The molecule has 8 heteroatoms. The largest absolute Gasteiger partial charge is 0.504 e. The average molecular weight is 302 g/mol. The maximum atomic E-state index is 11.3. The average Bonchev–Trinajstić information content (AvgIpc) is 2.86. The summed E-state index contributed by atoms with van der Waals surface area (Å²) >= 11 is 0. The Kier molecular flexibility index (Phi) is 3.21. The number of hydrogen-bond donors (Lipinski definition) is 3. The van der Waals surface area contributed by atoms with Gasteiger partial charge in [0, 0.05) is 5.56 Å². The van der Waals surface area contributed by atoms with Crippen LogP contribution in [0.3, 0.4) is 0 Å². The van der Waals surface area contributed by atoms with Crippen molar-refractivity contribution in [2.45, 2.75) is 13.0 Å². The lowest BCUT2D eigenvalue weighted by Crippen LogP contribution is -2.24. The van der Waals surface area contributed by atoms with Gasteiger partial charge < -0.3 is 20.3 Å². The van der Waals surface area contributed by atoms with Gasteiger partial charge in [-0.3, -0.25) is 0 Å². The molecule has 0 aliphatic carbocycles. The number of methoxy groups -OCH3 is 1. The molecule has 1 aliphatic rings. The summed E-state index contributed by atoms with van der Waals surface area (Å²) in [7, 11) is 1.45. The summed E-state index contributed by atoms with van der Waals surface area (Å²) in [6, 6.07) is 4.42. The minimum absolute atomic E-state index is 0.0212. The van der Waals surface area contributed by atoms with E-state index in [-0.39, 0.29) is 11.4 Å². The van der Waals surface area contributed by atoms with E-state index in [1.54, 1.807) is 25.1 Å². The lowest BCUT2D eigenvalue weighted by atomic mass is 10.0. The number of fused-ring (bicyclic) bond motifs is 1. The minimum atomic E-state index is -1.11. The zero-order chi connectivity index (χ0) is 15.9. The van der Waals surface area contributed by atoms with Crippen LogP contribution in [0.5, 0.6) is 11.5 Å². The lowest BCUT2D eigenvalue weighted by molar-refractivity contribution is -0.132. The van der Waals surface area contributed by atoms with Crippen LogP contribution in [0.15, 0.2) is 30.0 Å². The Morgan fingerprint density at radius 2 is 2.23 bits per heavy atom. The van der Waals surface area contributed by atoms with Gasteiger partial charge in [0.25, 0.3) is 0 Å². The third-order valence-electron chi connectivity index (χ3n) is 3.37. The first kappa shape index (κ1) is 13.9. The number of allylic oxidation sites excluding steroid dienone is 1. The van der Waals surface area contributed by atoms with Crippen LogP contribution in [-0.4, -0.2) is 38.1 Å². The summed E-state index contributed by atoms with van der Waals surface area (Å²) in [6.45, 7) is 1.70. The number of ether oxygens (including phenoxy) is 1. The molecule has 1 aliphatic heterocycles. The van der Waals surface area contributed by atoms with Crippen LogP contribution in [0, 0.1) is 6.92 Å². The van der Waals surface area contributed by atoms with E-state index in [0.717, 1.165) is 0 Å². The highest BCUT2D eigenvalue weighted by atomic mass is 16.5. The molecule has 2 heterocycles. The molecule has 2 aromatic rings. The number of carboxylic acid groups (broad SMARTS) is 1. The van der Waals surface area contributed by atoms with Gasteiger partial charge in [-0.15, -0.1) is 0 Å². The second-order valence-corrected chi connectivity index (χ2v) is 4.78. The van der Waals surface area contributed by atoms with Gasteiger partial charge in [-0.25, -0.2) is 9.48 Å². The highest BCUT2D eigenvalue weighted by molar-refractivity contribution is 5.90. The van der Waals surface area contributed by atoms with E-state index in [2.05, 4.69) is 15.4 Å². The number of phenols is 1. The third-order valence-corrected chi connectivity index (χ3v) is 3.37. The number of aromatic nitrogens is 3. The number of phenolic OH excluding ortho intramolecular Hbond substituents is 1. The quantitative estimate of drug-likeness (QED) is 0.783. The zero-order valence-corrected chi connectivity index (χ0v) is 11.9. The van der Waals surface area contributed by atoms with Crippen LogP contribution < -0.4 is 10.1 Å². The van der Waals surface area contributed by atoms with E-state index in [4.69, 9.17) is 4.74 Å². The highest BCUT2D eigenvalue weighted by Crippen LogP contribution is 2.38. The van der Waals surface area contributed by atoms with Gasteiger partial charge in [-0.05, 0) is 19.1 Å². The van der Waals surface area contributed by atoms with Crippen molar-refractivity contribution in [1.82, 2.24) is 14.8 Å². The zero-order valence-electron chi connectivity index (χ0n) is 11.9. The monoisotopic (exact) mass is 302 g/mol. The molecule has 0 saturated heterocycles. The number of rotatable bonds is 3. The van der Waals surface area contributed by atoms with Gasteiger partial charge >= 0.3 is 5.97 Å². The fourth-order valence-electron chi connectivity index (χ4n) is 2.39. The van der Waals surface area contributed by atoms with E-state index in [1.807, 2.05) is 0 Å². The van der Waals surface area contributed by atoms with Crippen molar-refractivity contribution in [2.75, 3.05) is 12.4 Å². The standard InChI is InChI=1S/C14H14N4O4/c1-7-15-14-16-9(13(20)21)6-10(18(14)17-7)8-4-3-5-11(22-2)12(8)19/h3-6,10,19H,1-2H3,(H,20,21)(H,15,16,17)/t10-/m1/s1. The van der Waals surface area contributed by atoms with E-state index in [0.29, 0.717) is 23.1 Å². The summed E-state index contributed by atoms with van der Waals surface area (Å²) in [5.41, 5.74) is 0.456. The minimum Gasteiger partial charge on any atom is -0.504 e. The van der Waals surface area contributed by atoms with Crippen molar-refractivity contribution in [3.63, 3.8) is 0 Å². The molecule has 0 fully saturated rings. The molecule has 0 unspecified atom stereocenters. The number of benzene rings is 1. The molecule has 0 saturated carbocycles. The van der Waals surface area contributed by atoms with Crippen molar-refractivity contribution in [3.8, 4) is 11.5 Å². The van der Waals surface area contributed by atoms with Crippen molar-refractivity contribution in [3.05, 3.63) is 41.4 Å². The van der Waals surface area contributed by atoms with Gasteiger partial charge in [-0.2, -0.15) is 10.1 Å². The number of anilines is 1. The fraction of sp³-hybridized carbons (Fsp3) is 0.214. The first-order chi connectivity index (χ1) is 10.5. The Balaban J connectivity index is 2.18. The number of nitrogens with zero attached hydrogens (tertiary/aromatic N) is 3. The summed E-state index contributed by atoms with van der Waals surface area (Å²) in [5, 5.41) is 26.5. The molecule has 0 radical (unpaired) electrons. The number of nitrogens with one attached hydrogen (secondary N) is 1. The predicted octanol–water partition coefficient (Wildman–Crippen LogP) is 1.28. The smallest absolute Gasteiger partial charge is 0.352 e. The Bertz CT molecular complexity index is 781. The Labute approximate surface area is 125 Å². The summed E-state index contributed by atoms with van der Waals surface area (Å²) < 4.78 is 6.62. The van der Waals surface area contributed by atoms with Crippen LogP contribution in [0.2, 0.25) is 0 Å². The normalized spacial score (nSPS) is 16.5. The molecule has 1 aromatic carbocycles. The summed E-state index contributed by atoms with van der Waals surface area (Å²) in [5.74, 6) is -0.0597. The predicted molar refractivity (Wildman–Crippen MR) is 76.9 cm³/mol. The summed E-state index contributed by atoms with van der Waals surface area (Å²) in [6.07, 6.45) is 1.47. The van der Waals surface area contributed by atoms with Crippen molar-refractivity contribution < 1.29 is 19.7 Å². The molecule has 8 nitrogen and oxygen atoms in total. The van der Waals surface area contributed by atoms with E-state index < -0.39 is 12.0 Å².